The molecular weight excluding hydrogens is 286 g/mol. The zero-order valence-corrected chi connectivity index (χ0v) is 11.4. The van der Waals surface area contributed by atoms with Gasteiger partial charge in [0.25, 0.3) is 5.69 Å². The van der Waals surface area contributed by atoms with Crippen LogP contribution >= 0.6 is 0 Å². The van der Waals surface area contributed by atoms with E-state index < -0.39 is 26.2 Å². The Bertz CT molecular complexity index is 612. The van der Waals surface area contributed by atoms with E-state index in [-0.39, 0.29) is 17.9 Å². The summed E-state index contributed by atoms with van der Waals surface area (Å²) in [4.78, 5) is 9.81. The highest BCUT2D eigenvalue weighted by Crippen LogP contribution is 2.26. The monoisotopic (exact) mass is 301 g/mol. The summed E-state index contributed by atoms with van der Waals surface area (Å²) < 4.78 is 27.1. The van der Waals surface area contributed by atoms with E-state index in [1.807, 2.05) is 0 Å². The molecule has 8 nitrogen and oxygen atoms in total. The van der Waals surface area contributed by atoms with Crippen molar-refractivity contribution in [3.05, 3.63) is 34.4 Å². The SMILES string of the molecule is O=[N+]([O-])c1ccccc1S(=O)(=O)NC1(CCO)CNC1. The molecule has 1 aliphatic heterocycles. The Labute approximate surface area is 116 Å². The van der Waals surface area contributed by atoms with Crippen LogP contribution in [0.2, 0.25) is 0 Å². The molecule has 1 aliphatic rings. The zero-order chi connectivity index (χ0) is 14.8. The first-order valence-electron chi connectivity index (χ1n) is 5.99. The third kappa shape index (κ3) is 2.80. The second-order valence-corrected chi connectivity index (χ2v) is 6.34. The highest BCUT2D eigenvalue weighted by Gasteiger charge is 2.41. The maximum Gasteiger partial charge on any atom is 0.289 e. The minimum atomic E-state index is -4.02. The molecule has 0 bridgehead atoms. The summed E-state index contributed by atoms with van der Waals surface area (Å²) >= 11 is 0. The van der Waals surface area contributed by atoms with Gasteiger partial charge in [0, 0.05) is 25.8 Å². The first-order chi connectivity index (χ1) is 9.40. The predicted molar refractivity (Wildman–Crippen MR) is 70.7 cm³/mol. The van der Waals surface area contributed by atoms with E-state index in [1.54, 1.807) is 0 Å². The van der Waals surface area contributed by atoms with Gasteiger partial charge in [-0.15, -0.1) is 0 Å². The first kappa shape index (κ1) is 14.9. The van der Waals surface area contributed by atoms with Crippen LogP contribution in [-0.4, -0.2) is 43.7 Å². The smallest absolute Gasteiger partial charge is 0.289 e. The van der Waals surface area contributed by atoms with Gasteiger partial charge in [-0.2, -0.15) is 0 Å². The van der Waals surface area contributed by atoms with E-state index >= 15 is 0 Å². The van der Waals surface area contributed by atoms with Gasteiger partial charge in [-0.3, -0.25) is 10.1 Å². The molecular formula is C11H15N3O5S. The van der Waals surface area contributed by atoms with Gasteiger partial charge in [0.2, 0.25) is 10.0 Å². The van der Waals surface area contributed by atoms with Gasteiger partial charge in [0.15, 0.2) is 4.90 Å². The lowest BCUT2D eigenvalue weighted by molar-refractivity contribution is -0.387. The average Bonchev–Trinajstić information content (AvgIpc) is 2.36. The van der Waals surface area contributed by atoms with Crippen molar-refractivity contribution >= 4 is 15.7 Å². The van der Waals surface area contributed by atoms with Gasteiger partial charge in [-0.25, -0.2) is 13.1 Å². The highest BCUT2D eigenvalue weighted by molar-refractivity contribution is 7.89. The Kier molecular flexibility index (Phi) is 4.04. The van der Waals surface area contributed by atoms with Crippen LogP contribution < -0.4 is 10.0 Å². The van der Waals surface area contributed by atoms with Gasteiger partial charge in [0.1, 0.15) is 0 Å². The summed E-state index contributed by atoms with van der Waals surface area (Å²) in [5, 5.41) is 22.8. The van der Waals surface area contributed by atoms with E-state index in [0.29, 0.717) is 13.1 Å². The van der Waals surface area contributed by atoms with E-state index in [1.165, 1.54) is 18.2 Å². The third-order valence-electron chi connectivity index (χ3n) is 3.22. The lowest BCUT2D eigenvalue weighted by Crippen LogP contribution is -2.69. The molecule has 1 aromatic carbocycles. The highest BCUT2D eigenvalue weighted by atomic mass is 32.2. The lowest BCUT2D eigenvalue weighted by atomic mass is 9.90. The number of rotatable bonds is 6. The van der Waals surface area contributed by atoms with Crippen LogP contribution in [0, 0.1) is 10.1 Å². The van der Waals surface area contributed by atoms with Crippen LogP contribution in [0.1, 0.15) is 6.42 Å². The summed E-state index contributed by atoms with van der Waals surface area (Å²) in [6.07, 6.45) is 0.250. The van der Waals surface area contributed by atoms with Crippen molar-refractivity contribution in [1.82, 2.24) is 10.0 Å². The largest absolute Gasteiger partial charge is 0.396 e. The topological polar surface area (TPSA) is 122 Å². The van der Waals surface area contributed by atoms with Crippen LogP contribution in [0.4, 0.5) is 5.69 Å². The van der Waals surface area contributed by atoms with E-state index in [4.69, 9.17) is 5.11 Å². The summed E-state index contributed by atoms with van der Waals surface area (Å²) in [6.45, 7) is 0.599. The number of para-hydroxylation sites is 1. The van der Waals surface area contributed by atoms with Gasteiger partial charge in [-0.1, -0.05) is 12.1 Å². The Hall–Kier alpha value is -1.55. The molecule has 1 fully saturated rings. The van der Waals surface area contributed by atoms with E-state index in [0.717, 1.165) is 6.07 Å². The average molecular weight is 301 g/mol. The molecule has 9 heteroatoms. The van der Waals surface area contributed by atoms with Gasteiger partial charge in [-0.05, 0) is 12.5 Å². The fourth-order valence-electron chi connectivity index (χ4n) is 2.12. The molecule has 0 atom stereocenters. The zero-order valence-electron chi connectivity index (χ0n) is 10.6. The summed E-state index contributed by atoms with van der Waals surface area (Å²) in [5.74, 6) is 0. The van der Waals surface area contributed by atoms with Crippen LogP contribution in [0.15, 0.2) is 29.2 Å². The van der Waals surface area contributed by atoms with Crippen molar-refractivity contribution < 1.29 is 18.4 Å². The van der Waals surface area contributed by atoms with E-state index in [2.05, 4.69) is 10.0 Å². The van der Waals surface area contributed by atoms with Crippen molar-refractivity contribution in [2.24, 2.45) is 0 Å². The molecule has 110 valence electrons. The number of nitro benzene ring substituents is 1. The van der Waals surface area contributed by atoms with Crippen molar-refractivity contribution in [2.45, 2.75) is 16.9 Å². The fraction of sp³-hybridized carbons (Fsp3) is 0.455. The molecule has 0 aromatic heterocycles. The minimum Gasteiger partial charge on any atom is -0.396 e. The molecule has 0 unspecified atom stereocenters. The molecule has 0 amide bonds. The molecule has 3 N–H and O–H groups in total. The molecule has 1 aromatic rings. The second-order valence-electron chi connectivity index (χ2n) is 4.69. The Morgan fingerprint density at radius 3 is 2.55 bits per heavy atom. The summed E-state index contributed by atoms with van der Waals surface area (Å²) in [6, 6.07) is 5.18. The van der Waals surface area contributed by atoms with Crippen molar-refractivity contribution in [2.75, 3.05) is 19.7 Å². The fourth-order valence-corrected chi connectivity index (χ4v) is 3.72. The Morgan fingerprint density at radius 2 is 2.05 bits per heavy atom. The lowest BCUT2D eigenvalue weighted by Gasteiger charge is -2.42. The molecule has 1 heterocycles. The standard InChI is InChI=1S/C11H15N3O5S/c15-6-5-11(7-12-8-11)13-20(18,19)10-4-2-1-3-9(10)14(16)17/h1-4,12-13,15H,5-8H2. The van der Waals surface area contributed by atoms with Crippen molar-refractivity contribution in [3.63, 3.8) is 0 Å². The van der Waals surface area contributed by atoms with Crippen LogP contribution in [-0.2, 0) is 10.0 Å². The molecule has 0 saturated carbocycles. The number of sulfonamides is 1. The number of nitrogens with zero attached hydrogens (tertiary/aromatic N) is 1. The second kappa shape index (κ2) is 5.44. The van der Waals surface area contributed by atoms with Gasteiger partial charge < -0.3 is 10.4 Å². The molecule has 1 saturated heterocycles. The number of nitro groups is 1. The first-order valence-corrected chi connectivity index (χ1v) is 7.47. The summed E-state index contributed by atoms with van der Waals surface area (Å²) in [7, 11) is -4.02. The van der Waals surface area contributed by atoms with Crippen molar-refractivity contribution in [3.8, 4) is 0 Å². The predicted octanol–water partition coefficient (Wildman–Crippen LogP) is -0.403. The van der Waals surface area contributed by atoms with E-state index in [9.17, 15) is 18.5 Å². The Balaban J connectivity index is 2.34. The van der Waals surface area contributed by atoms with Crippen LogP contribution in [0.5, 0.6) is 0 Å². The van der Waals surface area contributed by atoms with Crippen LogP contribution in [0.25, 0.3) is 0 Å². The number of nitrogens with one attached hydrogen (secondary N) is 2. The maximum absolute atomic E-state index is 12.3. The van der Waals surface area contributed by atoms with Gasteiger partial charge in [0.05, 0.1) is 10.5 Å². The number of benzene rings is 1. The molecule has 2 rings (SSSR count). The number of hydrogen-bond donors (Lipinski definition) is 3. The third-order valence-corrected chi connectivity index (χ3v) is 4.85. The molecule has 0 spiro atoms. The molecule has 0 radical (unpaired) electrons. The number of aliphatic hydroxyl groups is 1. The molecule has 20 heavy (non-hydrogen) atoms. The molecule has 0 aliphatic carbocycles. The maximum atomic E-state index is 12.3. The minimum absolute atomic E-state index is 0.166. The normalized spacial score (nSPS) is 17.4. The van der Waals surface area contributed by atoms with Crippen LogP contribution in [0.3, 0.4) is 0 Å². The van der Waals surface area contributed by atoms with Crippen molar-refractivity contribution in [1.29, 1.82) is 0 Å². The Morgan fingerprint density at radius 1 is 1.40 bits per heavy atom. The van der Waals surface area contributed by atoms with Gasteiger partial charge >= 0.3 is 0 Å². The number of hydrogen-bond acceptors (Lipinski definition) is 6. The summed E-state index contributed by atoms with van der Waals surface area (Å²) in [5.41, 5.74) is -1.25. The number of aliphatic hydroxyl groups excluding tert-OH is 1. The quantitative estimate of drug-likeness (QED) is 0.485.